The Hall–Kier alpha value is -2.23. The van der Waals surface area contributed by atoms with Crippen molar-refractivity contribution in [2.45, 2.75) is 69.2 Å². The summed E-state index contributed by atoms with van der Waals surface area (Å²) in [6.07, 6.45) is 3.75. The molecule has 0 aliphatic heterocycles. The smallest absolute Gasteiger partial charge is 0.262 e. The molecule has 0 spiro atoms. The van der Waals surface area contributed by atoms with Gasteiger partial charge in [0.05, 0.1) is 12.2 Å². The van der Waals surface area contributed by atoms with Crippen molar-refractivity contribution in [1.82, 2.24) is 29.9 Å². The summed E-state index contributed by atoms with van der Waals surface area (Å²) >= 11 is 1.57. The largest absolute Gasteiger partial charge is 0.310 e. The van der Waals surface area contributed by atoms with Crippen molar-refractivity contribution >= 4 is 22.4 Å². The molecule has 10 heteroatoms. The molecule has 2 atom stereocenters. The van der Waals surface area contributed by atoms with E-state index < -0.39 is 5.92 Å². The summed E-state index contributed by atoms with van der Waals surface area (Å²) in [5.41, 5.74) is 0.263. The second-order valence-corrected chi connectivity index (χ2v) is 9.03. The van der Waals surface area contributed by atoms with E-state index in [1.807, 2.05) is 6.92 Å². The Morgan fingerprint density at radius 1 is 1.18 bits per heavy atom. The normalized spacial score (nSPS) is 25.1. The number of aryl methyl sites for hydroxylation is 1. The van der Waals surface area contributed by atoms with E-state index in [1.54, 1.807) is 16.0 Å². The zero-order valence-electron chi connectivity index (χ0n) is 15.4. The van der Waals surface area contributed by atoms with E-state index >= 15 is 0 Å². The summed E-state index contributed by atoms with van der Waals surface area (Å²) in [5, 5.41) is 15.0. The lowest BCUT2D eigenvalue weighted by Gasteiger charge is -2.34. The van der Waals surface area contributed by atoms with Crippen molar-refractivity contribution in [3.8, 4) is 0 Å². The first-order chi connectivity index (χ1) is 13.4. The predicted octanol–water partition coefficient (Wildman–Crippen LogP) is 3.69. The number of rotatable bonds is 3. The van der Waals surface area contributed by atoms with Crippen molar-refractivity contribution in [1.29, 1.82) is 0 Å². The second kappa shape index (κ2) is 6.40. The van der Waals surface area contributed by atoms with Gasteiger partial charge in [-0.25, -0.2) is 18.4 Å². The first-order valence-electron chi connectivity index (χ1n) is 9.56. The van der Waals surface area contributed by atoms with Crippen LogP contribution in [-0.4, -0.2) is 35.9 Å². The van der Waals surface area contributed by atoms with Gasteiger partial charge in [-0.3, -0.25) is 4.79 Å². The van der Waals surface area contributed by atoms with Crippen molar-refractivity contribution < 1.29 is 8.78 Å². The Morgan fingerprint density at radius 2 is 1.93 bits per heavy atom. The first-order valence-corrected chi connectivity index (χ1v) is 10.4. The molecule has 148 valence electrons. The van der Waals surface area contributed by atoms with Crippen LogP contribution in [0.25, 0.3) is 11.0 Å². The minimum atomic E-state index is -2.60. The standard InChI is InChI=1S/C18H20F2N6OS/c1-9-24-25-17(28-9)12-3-2-11(12)14-22-15-13(16(27)23-14)8-21-26(15)10-4-6-18(19,20)7-5-10/h8,10-12H,2-7H2,1H3,(H,22,23,27). The fourth-order valence-electron chi connectivity index (χ4n) is 4.25. The van der Waals surface area contributed by atoms with Crippen LogP contribution in [0.3, 0.4) is 0 Å². The van der Waals surface area contributed by atoms with Gasteiger partial charge in [0.2, 0.25) is 5.92 Å². The zero-order chi connectivity index (χ0) is 19.5. The average Bonchev–Trinajstić information content (AvgIpc) is 3.21. The van der Waals surface area contributed by atoms with Crippen LogP contribution in [-0.2, 0) is 0 Å². The maximum absolute atomic E-state index is 13.5. The summed E-state index contributed by atoms with van der Waals surface area (Å²) in [6, 6.07) is -0.151. The van der Waals surface area contributed by atoms with Crippen molar-refractivity contribution in [3.05, 3.63) is 32.4 Å². The highest BCUT2D eigenvalue weighted by molar-refractivity contribution is 7.11. The highest BCUT2D eigenvalue weighted by Gasteiger charge is 2.39. The highest BCUT2D eigenvalue weighted by atomic mass is 32.1. The van der Waals surface area contributed by atoms with Gasteiger partial charge in [0.1, 0.15) is 21.2 Å². The van der Waals surface area contributed by atoms with Gasteiger partial charge in [-0.1, -0.05) is 0 Å². The van der Waals surface area contributed by atoms with Crippen molar-refractivity contribution in [2.75, 3.05) is 0 Å². The Kier molecular flexibility index (Phi) is 4.08. The third-order valence-corrected chi connectivity index (χ3v) is 6.97. The van der Waals surface area contributed by atoms with Gasteiger partial charge in [0, 0.05) is 24.7 Å². The number of aromatic nitrogens is 6. The lowest BCUT2D eigenvalue weighted by molar-refractivity contribution is -0.0446. The van der Waals surface area contributed by atoms with Gasteiger partial charge < -0.3 is 4.98 Å². The third kappa shape index (κ3) is 2.94. The number of halogens is 2. The number of hydrogen-bond acceptors (Lipinski definition) is 6. The van der Waals surface area contributed by atoms with E-state index in [4.69, 9.17) is 4.98 Å². The van der Waals surface area contributed by atoms with Crippen LogP contribution in [0.1, 0.15) is 72.2 Å². The van der Waals surface area contributed by atoms with E-state index in [9.17, 15) is 13.6 Å². The molecule has 0 amide bonds. The molecule has 0 aromatic carbocycles. The highest BCUT2D eigenvalue weighted by Crippen LogP contribution is 2.48. The summed E-state index contributed by atoms with van der Waals surface area (Å²) in [7, 11) is 0. The van der Waals surface area contributed by atoms with E-state index in [-0.39, 0.29) is 36.3 Å². The van der Waals surface area contributed by atoms with Gasteiger partial charge in [-0.05, 0) is 32.6 Å². The van der Waals surface area contributed by atoms with Gasteiger partial charge >= 0.3 is 0 Å². The van der Waals surface area contributed by atoms with Crippen LogP contribution >= 0.6 is 11.3 Å². The molecule has 3 aromatic rings. The van der Waals surface area contributed by atoms with Gasteiger partial charge in [0.15, 0.2) is 5.65 Å². The monoisotopic (exact) mass is 406 g/mol. The SMILES string of the molecule is Cc1nnc(C2CCC2c2nc3c(cnn3C3CCC(F)(F)CC3)c(=O)[nH]2)s1. The molecule has 0 bridgehead atoms. The molecule has 5 rings (SSSR count). The summed E-state index contributed by atoms with van der Waals surface area (Å²) in [4.78, 5) is 20.2. The number of nitrogens with zero attached hydrogens (tertiary/aromatic N) is 5. The van der Waals surface area contributed by atoms with Gasteiger partial charge in [0.25, 0.3) is 5.56 Å². The topological polar surface area (TPSA) is 89.3 Å². The molecule has 2 aliphatic rings. The predicted molar refractivity (Wildman–Crippen MR) is 100.0 cm³/mol. The van der Waals surface area contributed by atoms with Crippen LogP contribution in [0.15, 0.2) is 11.0 Å². The molecule has 2 fully saturated rings. The fraction of sp³-hybridized carbons (Fsp3) is 0.611. The van der Waals surface area contributed by atoms with Crippen LogP contribution in [0.2, 0.25) is 0 Å². The van der Waals surface area contributed by atoms with Crippen LogP contribution in [0.5, 0.6) is 0 Å². The van der Waals surface area contributed by atoms with E-state index in [2.05, 4.69) is 20.3 Å². The van der Waals surface area contributed by atoms with Crippen LogP contribution in [0, 0.1) is 6.92 Å². The maximum atomic E-state index is 13.5. The lowest BCUT2D eigenvalue weighted by Crippen LogP contribution is -2.28. The summed E-state index contributed by atoms with van der Waals surface area (Å²) in [6.45, 7) is 1.92. The molecule has 2 saturated carbocycles. The number of nitrogens with one attached hydrogen (secondary N) is 1. The Morgan fingerprint density at radius 3 is 2.57 bits per heavy atom. The number of fused-ring (bicyclic) bond motifs is 1. The fourth-order valence-corrected chi connectivity index (χ4v) is 5.15. The average molecular weight is 406 g/mol. The van der Waals surface area contributed by atoms with Crippen LogP contribution in [0.4, 0.5) is 8.78 Å². The number of alkyl halides is 2. The van der Waals surface area contributed by atoms with E-state index in [1.165, 1.54) is 6.20 Å². The molecular formula is C18H20F2N6OS. The Balaban J connectivity index is 1.49. The summed E-state index contributed by atoms with van der Waals surface area (Å²) in [5.74, 6) is -1.68. The Labute approximate surface area is 163 Å². The minimum Gasteiger partial charge on any atom is -0.310 e. The Bertz CT molecular complexity index is 1080. The maximum Gasteiger partial charge on any atom is 0.262 e. The molecule has 1 N–H and O–H groups in total. The van der Waals surface area contributed by atoms with Crippen molar-refractivity contribution in [3.63, 3.8) is 0 Å². The van der Waals surface area contributed by atoms with Crippen molar-refractivity contribution in [2.24, 2.45) is 0 Å². The molecule has 2 aliphatic carbocycles. The number of hydrogen-bond donors (Lipinski definition) is 1. The quantitative estimate of drug-likeness (QED) is 0.717. The second-order valence-electron chi connectivity index (χ2n) is 7.81. The zero-order valence-corrected chi connectivity index (χ0v) is 16.2. The molecule has 28 heavy (non-hydrogen) atoms. The third-order valence-electron chi connectivity index (χ3n) is 6.00. The molecule has 3 aromatic heterocycles. The molecule has 0 saturated heterocycles. The number of aromatic amines is 1. The molecule has 2 unspecified atom stereocenters. The lowest BCUT2D eigenvalue weighted by atomic mass is 9.73. The molecular weight excluding hydrogens is 386 g/mol. The number of H-pyrrole nitrogens is 1. The minimum absolute atomic E-state index is 0.0866. The molecule has 0 radical (unpaired) electrons. The van der Waals surface area contributed by atoms with Crippen LogP contribution < -0.4 is 5.56 Å². The molecule has 7 nitrogen and oxygen atoms in total. The van der Waals surface area contributed by atoms with E-state index in [0.29, 0.717) is 29.7 Å². The van der Waals surface area contributed by atoms with Gasteiger partial charge in [-0.2, -0.15) is 5.10 Å². The van der Waals surface area contributed by atoms with Gasteiger partial charge in [-0.15, -0.1) is 21.5 Å². The molecule has 3 heterocycles. The van der Waals surface area contributed by atoms with E-state index in [0.717, 1.165) is 22.9 Å². The summed E-state index contributed by atoms with van der Waals surface area (Å²) < 4.78 is 28.7. The first kappa shape index (κ1) is 17.8.